The average Bonchev–Trinajstić information content (AvgIpc) is 1.97. The van der Waals surface area contributed by atoms with Crippen LogP contribution < -0.4 is 5.73 Å². The molecule has 0 saturated carbocycles. The summed E-state index contributed by atoms with van der Waals surface area (Å²) < 4.78 is 4.75. The molecule has 4 heteroatoms. The quantitative estimate of drug-likeness (QED) is 0.405. The summed E-state index contributed by atoms with van der Waals surface area (Å²) in [6.45, 7) is 1.95. The highest BCUT2D eigenvalue weighted by atomic mass is 35.5. The molecule has 0 aromatic rings. The van der Waals surface area contributed by atoms with E-state index < -0.39 is 6.04 Å². The monoisotopic (exact) mass is 191 g/mol. The van der Waals surface area contributed by atoms with Crippen LogP contribution in [-0.2, 0) is 9.53 Å². The lowest BCUT2D eigenvalue weighted by atomic mass is 10.3. The van der Waals surface area contributed by atoms with Gasteiger partial charge in [-0.15, -0.1) is 24.8 Å². The molecule has 70 valence electrons. The highest BCUT2D eigenvalue weighted by Gasteiger charge is 2.06. The minimum absolute atomic E-state index is 0. The fourth-order valence-corrected chi connectivity index (χ4v) is 0.478. The summed E-state index contributed by atoms with van der Waals surface area (Å²) in [6, 6.07) is -0.541. The maximum absolute atomic E-state index is 10.7. The molecule has 12 heavy (non-hydrogen) atoms. The molecule has 0 aromatic carbocycles. The summed E-state index contributed by atoms with van der Waals surface area (Å²) >= 11 is 0. The first-order chi connectivity index (χ1) is 5.18. The van der Waals surface area contributed by atoms with E-state index in [2.05, 4.69) is 5.92 Å². The van der Waals surface area contributed by atoms with E-state index in [4.69, 9.17) is 16.9 Å². The summed E-state index contributed by atoms with van der Waals surface area (Å²) in [5, 5.41) is 0. The first-order valence-electron chi connectivity index (χ1n) is 3.54. The van der Waals surface area contributed by atoms with Crippen molar-refractivity contribution >= 4 is 18.4 Å². The van der Waals surface area contributed by atoms with Crippen LogP contribution in [0.5, 0.6) is 0 Å². The van der Waals surface area contributed by atoms with Crippen molar-refractivity contribution < 1.29 is 9.53 Å². The SMILES string of the molecule is C#CCCCOC(=O)[C@H](C)N.Cl. The van der Waals surface area contributed by atoms with Crippen LogP contribution in [0.1, 0.15) is 19.8 Å². The summed E-state index contributed by atoms with van der Waals surface area (Å²) in [6.07, 6.45) is 6.32. The number of ether oxygens (including phenoxy) is 1. The Labute approximate surface area is 79.1 Å². The molecule has 0 heterocycles. The van der Waals surface area contributed by atoms with E-state index in [9.17, 15) is 4.79 Å². The minimum Gasteiger partial charge on any atom is -0.465 e. The van der Waals surface area contributed by atoms with Crippen LogP contribution in [0.15, 0.2) is 0 Å². The van der Waals surface area contributed by atoms with Crippen molar-refractivity contribution in [3.8, 4) is 12.3 Å². The smallest absolute Gasteiger partial charge is 0.322 e. The third-order valence-corrected chi connectivity index (χ3v) is 1.08. The first-order valence-corrected chi connectivity index (χ1v) is 3.54. The summed E-state index contributed by atoms with van der Waals surface area (Å²) in [5.74, 6) is 2.07. The fourth-order valence-electron chi connectivity index (χ4n) is 0.478. The van der Waals surface area contributed by atoms with Crippen LogP contribution in [0.2, 0.25) is 0 Å². The number of unbranched alkanes of at least 4 members (excludes halogenated alkanes) is 1. The van der Waals surface area contributed by atoms with Crippen LogP contribution in [0.3, 0.4) is 0 Å². The van der Waals surface area contributed by atoms with Crippen LogP contribution in [0.25, 0.3) is 0 Å². The maximum Gasteiger partial charge on any atom is 0.322 e. The molecular formula is C8H14ClNO2. The van der Waals surface area contributed by atoms with E-state index in [-0.39, 0.29) is 18.4 Å². The highest BCUT2D eigenvalue weighted by Crippen LogP contribution is 1.90. The Bertz CT molecular complexity index is 163. The molecule has 0 bridgehead atoms. The second-order valence-electron chi connectivity index (χ2n) is 2.26. The van der Waals surface area contributed by atoms with Gasteiger partial charge >= 0.3 is 5.97 Å². The van der Waals surface area contributed by atoms with Crippen LogP contribution in [-0.4, -0.2) is 18.6 Å². The van der Waals surface area contributed by atoms with Crippen molar-refractivity contribution in [2.45, 2.75) is 25.8 Å². The van der Waals surface area contributed by atoms with E-state index in [0.717, 1.165) is 0 Å². The Morgan fingerprint density at radius 1 is 1.75 bits per heavy atom. The zero-order chi connectivity index (χ0) is 8.69. The Hall–Kier alpha value is -0.720. The number of nitrogens with two attached hydrogens (primary N) is 1. The molecular weight excluding hydrogens is 178 g/mol. The van der Waals surface area contributed by atoms with Crippen molar-refractivity contribution in [2.24, 2.45) is 5.73 Å². The van der Waals surface area contributed by atoms with Gasteiger partial charge in [0.2, 0.25) is 0 Å². The largest absolute Gasteiger partial charge is 0.465 e. The van der Waals surface area contributed by atoms with Gasteiger partial charge < -0.3 is 10.5 Å². The van der Waals surface area contributed by atoms with Gasteiger partial charge in [0.25, 0.3) is 0 Å². The van der Waals surface area contributed by atoms with Gasteiger partial charge in [-0.05, 0) is 13.3 Å². The molecule has 0 fully saturated rings. The molecule has 0 aliphatic heterocycles. The van der Waals surface area contributed by atoms with Gasteiger partial charge in [0.15, 0.2) is 0 Å². The van der Waals surface area contributed by atoms with Gasteiger partial charge in [0.1, 0.15) is 6.04 Å². The van der Waals surface area contributed by atoms with Gasteiger partial charge in [-0.2, -0.15) is 0 Å². The Kier molecular flexibility index (Phi) is 9.66. The normalized spacial score (nSPS) is 10.8. The van der Waals surface area contributed by atoms with Gasteiger partial charge in [0.05, 0.1) is 6.61 Å². The summed E-state index contributed by atoms with van der Waals surface area (Å²) in [4.78, 5) is 10.7. The van der Waals surface area contributed by atoms with Crippen molar-refractivity contribution in [1.82, 2.24) is 0 Å². The number of rotatable bonds is 4. The standard InChI is InChI=1S/C8H13NO2.ClH/c1-3-4-5-6-11-8(10)7(2)9;/h1,7H,4-6,9H2,2H3;1H/t7-;/m0./s1. The molecule has 0 aliphatic carbocycles. The zero-order valence-corrected chi connectivity index (χ0v) is 7.89. The van der Waals surface area contributed by atoms with E-state index in [1.165, 1.54) is 0 Å². The van der Waals surface area contributed by atoms with Crippen molar-refractivity contribution in [3.05, 3.63) is 0 Å². The third-order valence-electron chi connectivity index (χ3n) is 1.08. The molecule has 0 aliphatic rings. The number of esters is 1. The number of hydrogen-bond donors (Lipinski definition) is 1. The molecule has 0 unspecified atom stereocenters. The third kappa shape index (κ3) is 7.39. The van der Waals surface area contributed by atoms with E-state index in [0.29, 0.717) is 19.4 Å². The number of carbonyl (C=O) groups excluding carboxylic acids is 1. The average molecular weight is 192 g/mol. The predicted molar refractivity (Wildman–Crippen MR) is 49.9 cm³/mol. The van der Waals surface area contributed by atoms with Crippen LogP contribution in [0.4, 0.5) is 0 Å². The highest BCUT2D eigenvalue weighted by molar-refractivity contribution is 5.85. The number of terminal acetylenes is 1. The lowest BCUT2D eigenvalue weighted by Crippen LogP contribution is -2.28. The Morgan fingerprint density at radius 3 is 2.75 bits per heavy atom. The van der Waals surface area contributed by atoms with Gasteiger partial charge in [-0.3, -0.25) is 4.79 Å². The molecule has 0 spiro atoms. The van der Waals surface area contributed by atoms with Crippen molar-refractivity contribution in [3.63, 3.8) is 0 Å². The molecule has 0 radical (unpaired) electrons. The molecule has 0 amide bonds. The van der Waals surface area contributed by atoms with E-state index >= 15 is 0 Å². The zero-order valence-electron chi connectivity index (χ0n) is 7.08. The second kappa shape index (κ2) is 8.38. The number of halogens is 1. The van der Waals surface area contributed by atoms with Gasteiger partial charge in [0, 0.05) is 6.42 Å². The molecule has 0 saturated heterocycles. The van der Waals surface area contributed by atoms with Crippen molar-refractivity contribution in [1.29, 1.82) is 0 Å². The molecule has 3 nitrogen and oxygen atoms in total. The van der Waals surface area contributed by atoms with Crippen molar-refractivity contribution in [2.75, 3.05) is 6.61 Å². The number of hydrogen-bond acceptors (Lipinski definition) is 3. The fraction of sp³-hybridized carbons (Fsp3) is 0.625. The lowest BCUT2D eigenvalue weighted by Gasteiger charge is -2.04. The summed E-state index contributed by atoms with van der Waals surface area (Å²) in [5.41, 5.74) is 5.24. The maximum atomic E-state index is 10.7. The predicted octanol–water partition coefficient (Wildman–Crippen LogP) is 0.712. The first kappa shape index (κ1) is 13.8. The minimum atomic E-state index is -0.541. The van der Waals surface area contributed by atoms with Gasteiger partial charge in [-0.25, -0.2) is 0 Å². The van der Waals surface area contributed by atoms with Crippen LogP contribution >= 0.6 is 12.4 Å². The van der Waals surface area contributed by atoms with E-state index in [1.54, 1.807) is 6.92 Å². The number of carbonyl (C=O) groups is 1. The molecule has 0 aromatic heterocycles. The second-order valence-corrected chi connectivity index (χ2v) is 2.26. The van der Waals surface area contributed by atoms with Crippen LogP contribution in [0, 0.1) is 12.3 Å². The Morgan fingerprint density at radius 2 is 2.33 bits per heavy atom. The molecule has 2 N–H and O–H groups in total. The topological polar surface area (TPSA) is 52.3 Å². The van der Waals surface area contributed by atoms with E-state index in [1.807, 2.05) is 0 Å². The Balaban J connectivity index is 0. The van der Waals surface area contributed by atoms with Gasteiger partial charge in [-0.1, -0.05) is 0 Å². The molecule has 0 rings (SSSR count). The lowest BCUT2D eigenvalue weighted by molar-refractivity contribution is -0.144. The molecule has 1 atom stereocenters. The summed E-state index contributed by atoms with van der Waals surface area (Å²) in [7, 11) is 0.